The van der Waals surface area contributed by atoms with Crippen LogP contribution in [-0.2, 0) is 9.84 Å². The van der Waals surface area contributed by atoms with Gasteiger partial charge in [-0.05, 0) is 24.8 Å². The summed E-state index contributed by atoms with van der Waals surface area (Å²) in [7, 11) is -1.24. The van der Waals surface area contributed by atoms with E-state index in [0.29, 0.717) is 12.5 Å². The SMILES string of the molecule is CCS(=O)(=O)CCN1C[C@@H](C)CC[C@H]1c1ccccc1OC. The second kappa shape index (κ2) is 7.47. The van der Waals surface area contributed by atoms with Crippen molar-refractivity contribution in [1.29, 1.82) is 0 Å². The Morgan fingerprint density at radius 2 is 2.00 bits per heavy atom. The molecular weight excluding hydrogens is 298 g/mol. The monoisotopic (exact) mass is 325 g/mol. The number of sulfone groups is 1. The molecule has 1 aliphatic heterocycles. The van der Waals surface area contributed by atoms with Gasteiger partial charge in [-0.1, -0.05) is 32.0 Å². The largest absolute Gasteiger partial charge is 0.496 e. The van der Waals surface area contributed by atoms with E-state index in [1.165, 1.54) is 12.0 Å². The Bertz CT molecular complexity index is 585. The van der Waals surface area contributed by atoms with Gasteiger partial charge in [0.05, 0.1) is 12.9 Å². The molecule has 0 radical (unpaired) electrons. The molecule has 1 heterocycles. The van der Waals surface area contributed by atoms with E-state index in [1.54, 1.807) is 14.0 Å². The molecule has 0 saturated carbocycles. The summed E-state index contributed by atoms with van der Waals surface area (Å²) >= 11 is 0. The van der Waals surface area contributed by atoms with Crippen LogP contribution in [0.1, 0.15) is 38.3 Å². The highest BCUT2D eigenvalue weighted by Gasteiger charge is 2.29. The first-order valence-corrected chi connectivity index (χ1v) is 9.86. The van der Waals surface area contributed by atoms with Gasteiger partial charge >= 0.3 is 0 Å². The first-order valence-electron chi connectivity index (χ1n) is 8.04. The molecule has 22 heavy (non-hydrogen) atoms. The molecule has 4 nitrogen and oxygen atoms in total. The lowest BCUT2D eigenvalue weighted by molar-refractivity contribution is 0.119. The molecule has 1 fully saturated rings. The van der Waals surface area contributed by atoms with Crippen LogP contribution in [0.3, 0.4) is 0 Å². The molecule has 0 amide bonds. The van der Waals surface area contributed by atoms with Crippen molar-refractivity contribution in [3.05, 3.63) is 29.8 Å². The summed E-state index contributed by atoms with van der Waals surface area (Å²) in [5.74, 6) is 1.96. The number of nitrogens with zero attached hydrogens (tertiary/aromatic N) is 1. The fourth-order valence-electron chi connectivity index (χ4n) is 3.19. The molecule has 0 spiro atoms. The second-order valence-corrected chi connectivity index (χ2v) is 8.64. The van der Waals surface area contributed by atoms with Crippen molar-refractivity contribution in [2.24, 2.45) is 5.92 Å². The lowest BCUT2D eigenvalue weighted by Crippen LogP contribution is -2.40. The zero-order valence-electron chi connectivity index (χ0n) is 13.8. The molecule has 0 aliphatic carbocycles. The van der Waals surface area contributed by atoms with Crippen molar-refractivity contribution in [3.63, 3.8) is 0 Å². The maximum absolute atomic E-state index is 11.8. The minimum absolute atomic E-state index is 0.218. The normalized spacial score (nSPS) is 23.4. The van der Waals surface area contributed by atoms with Gasteiger partial charge in [-0.25, -0.2) is 8.42 Å². The van der Waals surface area contributed by atoms with Gasteiger partial charge in [-0.2, -0.15) is 0 Å². The summed E-state index contributed by atoms with van der Waals surface area (Å²) in [4.78, 5) is 2.32. The van der Waals surface area contributed by atoms with Crippen molar-refractivity contribution in [1.82, 2.24) is 4.90 Å². The topological polar surface area (TPSA) is 46.6 Å². The van der Waals surface area contributed by atoms with Crippen LogP contribution in [0.4, 0.5) is 0 Å². The number of rotatable bonds is 6. The molecule has 0 bridgehead atoms. The molecule has 2 atom stereocenters. The van der Waals surface area contributed by atoms with Crippen molar-refractivity contribution >= 4 is 9.84 Å². The Morgan fingerprint density at radius 3 is 2.68 bits per heavy atom. The fraction of sp³-hybridized carbons (Fsp3) is 0.647. The van der Waals surface area contributed by atoms with E-state index < -0.39 is 9.84 Å². The highest BCUT2D eigenvalue weighted by molar-refractivity contribution is 7.91. The molecule has 1 aromatic carbocycles. The third-order valence-electron chi connectivity index (χ3n) is 4.55. The second-order valence-electron chi connectivity index (χ2n) is 6.17. The van der Waals surface area contributed by atoms with E-state index >= 15 is 0 Å². The van der Waals surface area contributed by atoms with Crippen LogP contribution in [0.5, 0.6) is 5.75 Å². The van der Waals surface area contributed by atoms with E-state index in [1.807, 2.05) is 18.2 Å². The standard InChI is InChI=1S/C17H27NO3S/c1-4-22(19,20)12-11-18-13-14(2)9-10-16(18)15-7-5-6-8-17(15)21-3/h5-8,14,16H,4,9-13H2,1-3H3/t14-,16-/m0/s1. The molecule has 124 valence electrons. The summed E-state index contributed by atoms with van der Waals surface area (Å²) < 4.78 is 29.2. The number of methoxy groups -OCH3 is 1. The molecule has 1 aromatic rings. The number of hydrogen-bond donors (Lipinski definition) is 0. The summed E-state index contributed by atoms with van der Waals surface area (Å²) in [6.45, 7) is 5.50. The first-order chi connectivity index (χ1) is 10.5. The molecule has 1 aliphatic rings. The van der Waals surface area contributed by atoms with E-state index in [4.69, 9.17) is 4.74 Å². The van der Waals surface area contributed by atoms with Crippen LogP contribution in [-0.4, -0.2) is 45.0 Å². The van der Waals surface area contributed by atoms with Crippen LogP contribution in [0.25, 0.3) is 0 Å². The zero-order chi connectivity index (χ0) is 16.2. The summed E-state index contributed by atoms with van der Waals surface area (Å²) in [5.41, 5.74) is 1.17. The van der Waals surface area contributed by atoms with Gasteiger partial charge < -0.3 is 4.74 Å². The lowest BCUT2D eigenvalue weighted by atomic mass is 9.89. The highest BCUT2D eigenvalue weighted by atomic mass is 32.2. The average Bonchev–Trinajstić information content (AvgIpc) is 2.53. The molecule has 2 rings (SSSR count). The van der Waals surface area contributed by atoms with Gasteiger partial charge in [0.15, 0.2) is 9.84 Å². The van der Waals surface area contributed by atoms with Gasteiger partial charge in [0.2, 0.25) is 0 Å². The Morgan fingerprint density at radius 1 is 1.27 bits per heavy atom. The van der Waals surface area contributed by atoms with Crippen LogP contribution in [0.2, 0.25) is 0 Å². The first kappa shape index (κ1) is 17.3. The van der Waals surface area contributed by atoms with Crippen molar-refractivity contribution in [3.8, 4) is 5.75 Å². The third-order valence-corrected chi connectivity index (χ3v) is 6.23. The van der Waals surface area contributed by atoms with Gasteiger partial charge in [0.1, 0.15) is 5.75 Å². The average molecular weight is 325 g/mol. The maximum atomic E-state index is 11.8. The molecule has 1 saturated heterocycles. The number of para-hydroxylation sites is 1. The van der Waals surface area contributed by atoms with Crippen LogP contribution < -0.4 is 4.74 Å². The van der Waals surface area contributed by atoms with Gasteiger partial charge in [-0.3, -0.25) is 4.90 Å². The van der Waals surface area contributed by atoms with Gasteiger partial charge in [0.25, 0.3) is 0 Å². The van der Waals surface area contributed by atoms with E-state index in [0.717, 1.165) is 18.7 Å². The molecule has 0 N–H and O–H groups in total. The predicted octanol–water partition coefficient (Wildman–Crippen LogP) is 2.90. The van der Waals surface area contributed by atoms with E-state index in [2.05, 4.69) is 17.9 Å². The highest BCUT2D eigenvalue weighted by Crippen LogP contribution is 2.37. The minimum atomic E-state index is -2.93. The molecule has 0 aromatic heterocycles. The molecule has 5 heteroatoms. The fourth-order valence-corrected chi connectivity index (χ4v) is 3.99. The van der Waals surface area contributed by atoms with E-state index in [-0.39, 0.29) is 17.5 Å². The summed E-state index contributed by atoms with van der Waals surface area (Å²) in [6, 6.07) is 8.32. The predicted molar refractivity (Wildman–Crippen MR) is 90.0 cm³/mol. The van der Waals surface area contributed by atoms with Crippen LogP contribution in [0, 0.1) is 5.92 Å². The number of hydrogen-bond acceptors (Lipinski definition) is 4. The Hall–Kier alpha value is -1.07. The van der Waals surface area contributed by atoms with Crippen LogP contribution in [0.15, 0.2) is 24.3 Å². The molecular formula is C17H27NO3S. The quantitative estimate of drug-likeness (QED) is 0.807. The molecule has 0 unspecified atom stereocenters. The Labute approximate surface area is 134 Å². The number of benzene rings is 1. The summed E-state index contributed by atoms with van der Waals surface area (Å²) in [5, 5.41) is 0. The zero-order valence-corrected chi connectivity index (χ0v) is 14.6. The smallest absolute Gasteiger partial charge is 0.151 e. The lowest BCUT2D eigenvalue weighted by Gasteiger charge is -2.39. The Balaban J connectivity index is 2.19. The van der Waals surface area contributed by atoms with Gasteiger partial charge in [0, 0.05) is 30.4 Å². The van der Waals surface area contributed by atoms with Crippen LogP contribution >= 0.6 is 0 Å². The van der Waals surface area contributed by atoms with Crippen molar-refractivity contribution in [2.45, 2.75) is 32.7 Å². The minimum Gasteiger partial charge on any atom is -0.496 e. The van der Waals surface area contributed by atoms with Gasteiger partial charge in [-0.15, -0.1) is 0 Å². The van der Waals surface area contributed by atoms with Crippen molar-refractivity contribution < 1.29 is 13.2 Å². The maximum Gasteiger partial charge on any atom is 0.151 e. The number of likely N-dealkylation sites (tertiary alicyclic amines) is 1. The number of ether oxygens (including phenoxy) is 1. The van der Waals surface area contributed by atoms with Crippen molar-refractivity contribution in [2.75, 3.05) is 31.7 Å². The van der Waals surface area contributed by atoms with E-state index in [9.17, 15) is 8.42 Å². The Kier molecular flexibility index (Phi) is 5.87. The number of piperidine rings is 1. The third kappa shape index (κ3) is 4.23. The summed E-state index contributed by atoms with van der Waals surface area (Å²) in [6.07, 6.45) is 2.22.